The molecule has 1 aromatic heterocycles. The summed E-state index contributed by atoms with van der Waals surface area (Å²) in [7, 11) is 0. The van der Waals surface area contributed by atoms with Gasteiger partial charge in [-0.15, -0.1) is 11.6 Å². The summed E-state index contributed by atoms with van der Waals surface area (Å²) in [5.74, 6) is 0.410. The van der Waals surface area contributed by atoms with Crippen LogP contribution in [-0.2, 0) is 12.4 Å². The Kier molecular flexibility index (Phi) is 4.45. The Morgan fingerprint density at radius 1 is 1.45 bits per heavy atom. The smallest absolute Gasteiger partial charge is 0.265 e. The van der Waals surface area contributed by atoms with Gasteiger partial charge in [0.15, 0.2) is 0 Å². The lowest BCUT2D eigenvalue weighted by atomic mass is 10.2. The van der Waals surface area contributed by atoms with Crippen LogP contribution >= 0.6 is 27.5 Å². The third-order valence-electron chi connectivity index (χ3n) is 3.24. The Labute approximate surface area is 129 Å². The minimum atomic E-state index is -0.404. The van der Waals surface area contributed by atoms with E-state index in [2.05, 4.69) is 21.0 Å². The first kappa shape index (κ1) is 15.0. The molecule has 106 valence electrons. The van der Waals surface area contributed by atoms with Crippen LogP contribution in [0.1, 0.15) is 22.5 Å². The number of nitro groups is 1. The number of nitrogens with zero attached hydrogens (tertiary/aromatic N) is 3. The highest BCUT2D eigenvalue weighted by Crippen LogP contribution is 2.29. The van der Waals surface area contributed by atoms with E-state index in [9.17, 15) is 10.1 Å². The van der Waals surface area contributed by atoms with Gasteiger partial charge in [-0.3, -0.25) is 14.8 Å². The molecule has 0 saturated carbocycles. The highest BCUT2D eigenvalue weighted by atomic mass is 79.9. The topological polar surface area (TPSA) is 61.0 Å². The van der Waals surface area contributed by atoms with Crippen LogP contribution in [0.4, 0.5) is 5.69 Å². The maximum absolute atomic E-state index is 10.9. The molecule has 0 fully saturated rings. The number of rotatable bonds is 4. The van der Waals surface area contributed by atoms with Gasteiger partial charge in [-0.25, -0.2) is 0 Å². The minimum absolute atomic E-state index is 0.0570. The fraction of sp³-hybridized carbons (Fsp3) is 0.308. The van der Waals surface area contributed by atoms with Gasteiger partial charge in [0, 0.05) is 17.3 Å². The highest BCUT2D eigenvalue weighted by molar-refractivity contribution is 9.10. The number of nitro benzene ring substituents is 1. The predicted molar refractivity (Wildman–Crippen MR) is 81.2 cm³/mol. The second-order valence-electron chi connectivity index (χ2n) is 4.45. The number of halogens is 2. The molecule has 0 N–H and O–H groups in total. The van der Waals surface area contributed by atoms with E-state index in [1.54, 1.807) is 6.07 Å². The lowest BCUT2D eigenvalue weighted by molar-refractivity contribution is -0.385. The van der Waals surface area contributed by atoms with Crippen molar-refractivity contribution in [3.63, 3.8) is 0 Å². The minimum Gasteiger partial charge on any atom is -0.265 e. The van der Waals surface area contributed by atoms with Gasteiger partial charge >= 0.3 is 0 Å². The summed E-state index contributed by atoms with van der Waals surface area (Å²) >= 11 is 9.20. The van der Waals surface area contributed by atoms with Crippen LogP contribution in [0.15, 0.2) is 22.7 Å². The number of hydrogen-bond donors (Lipinski definition) is 0. The molecule has 0 aliphatic heterocycles. The van der Waals surface area contributed by atoms with Gasteiger partial charge in [-0.05, 0) is 35.3 Å². The van der Waals surface area contributed by atoms with Crippen molar-refractivity contribution in [3.05, 3.63) is 55.3 Å². The van der Waals surface area contributed by atoms with E-state index < -0.39 is 4.92 Å². The molecule has 0 aliphatic carbocycles. The van der Waals surface area contributed by atoms with Gasteiger partial charge in [-0.1, -0.05) is 12.1 Å². The van der Waals surface area contributed by atoms with Crippen molar-refractivity contribution in [1.29, 1.82) is 0 Å². The first-order valence-electron chi connectivity index (χ1n) is 5.96. The van der Waals surface area contributed by atoms with Crippen LogP contribution in [0.25, 0.3) is 0 Å². The highest BCUT2D eigenvalue weighted by Gasteiger charge is 2.17. The monoisotopic (exact) mass is 357 g/mol. The van der Waals surface area contributed by atoms with Gasteiger partial charge in [0.05, 0.1) is 23.0 Å². The average molecular weight is 359 g/mol. The molecule has 2 rings (SSSR count). The molecule has 0 atom stereocenters. The van der Waals surface area contributed by atoms with Crippen molar-refractivity contribution in [2.75, 3.05) is 0 Å². The summed E-state index contributed by atoms with van der Waals surface area (Å²) in [6.45, 7) is 4.32. The van der Waals surface area contributed by atoms with Crippen molar-refractivity contribution < 1.29 is 4.92 Å². The normalized spacial score (nSPS) is 10.8. The van der Waals surface area contributed by atoms with Crippen molar-refractivity contribution in [2.45, 2.75) is 26.3 Å². The number of aryl methyl sites for hydroxylation is 1. The SMILES string of the molecule is Cc1nn(Cc2cccc([N+](=O)[O-])c2Br)c(C)c1CCl. The molecular weight excluding hydrogens is 346 g/mol. The second-order valence-corrected chi connectivity index (χ2v) is 5.51. The number of benzene rings is 1. The van der Waals surface area contributed by atoms with E-state index in [0.717, 1.165) is 22.5 Å². The molecule has 0 amide bonds. The molecule has 5 nitrogen and oxygen atoms in total. The summed E-state index contributed by atoms with van der Waals surface area (Å²) in [5, 5.41) is 15.4. The zero-order valence-corrected chi connectivity index (χ0v) is 13.4. The van der Waals surface area contributed by atoms with Gasteiger partial charge in [-0.2, -0.15) is 5.10 Å². The Morgan fingerprint density at radius 2 is 2.15 bits per heavy atom. The average Bonchev–Trinajstić information content (AvgIpc) is 2.66. The molecule has 0 spiro atoms. The molecule has 0 aliphatic rings. The molecule has 1 aromatic carbocycles. The number of aromatic nitrogens is 2. The molecule has 1 heterocycles. The van der Waals surface area contributed by atoms with Crippen molar-refractivity contribution in [1.82, 2.24) is 9.78 Å². The van der Waals surface area contributed by atoms with Crippen LogP contribution < -0.4 is 0 Å². The summed E-state index contributed by atoms with van der Waals surface area (Å²) in [4.78, 5) is 10.5. The van der Waals surface area contributed by atoms with E-state index in [1.807, 2.05) is 24.6 Å². The van der Waals surface area contributed by atoms with Crippen LogP contribution in [0.3, 0.4) is 0 Å². The predicted octanol–water partition coefficient (Wildman–Crippen LogP) is 3.96. The van der Waals surface area contributed by atoms with Gasteiger partial charge < -0.3 is 0 Å². The lowest BCUT2D eigenvalue weighted by Crippen LogP contribution is -2.05. The number of alkyl halides is 1. The molecular formula is C13H13BrClN3O2. The first-order chi connectivity index (χ1) is 9.45. The maximum Gasteiger partial charge on any atom is 0.283 e. The Balaban J connectivity index is 2.41. The van der Waals surface area contributed by atoms with E-state index in [1.165, 1.54) is 6.07 Å². The van der Waals surface area contributed by atoms with E-state index >= 15 is 0 Å². The third kappa shape index (κ3) is 2.71. The summed E-state index contributed by atoms with van der Waals surface area (Å²) in [6, 6.07) is 4.99. The fourth-order valence-corrected chi connectivity index (χ4v) is 2.99. The summed E-state index contributed by atoms with van der Waals surface area (Å²) in [6.07, 6.45) is 0. The largest absolute Gasteiger partial charge is 0.283 e. The van der Waals surface area contributed by atoms with Crippen molar-refractivity contribution in [2.24, 2.45) is 0 Å². The second kappa shape index (κ2) is 5.93. The molecule has 0 bridgehead atoms. The molecule has 7 heteroatoms. The molecule has 2 aromatic rings. The standard InChI is InChI=1S/C13H13BrClN3O2/c1-8-11(6-15)9(2)17(16-8)7-10-4-3-5-12(13(10)14)18(19)20/h3-5H,6-7H2,1-2H3. The van der Waals surface area contributed by atoms with Crippen molar-refractivity contribution in [3.8, 4) is 0 Å². The van der Waals surface area contributed by atoms with E-state index in [-0.39, 0.29) is 5.69 Å². The van der Waals surface area contributed by atoms with Gasteiger partial charge in [0.1, 0.15) is 4.47 Å². The number of hydrogen-bond acceptors (Lipinski definition) is 3. The zero-order chi connectivity index (χ0) is 14.9. The zero-order valence-electron chi connectivity index (χ0n) is 11.1. The third-order valence-corrected chi connectivity index (χ3v) is 4.42. The first-order valence-corrected chi connectivity index (χ1v) is 7.29. The Bertz CT molecular complexity index is 670. The Morgan fingerprint density at radius 3 is 2.70 bits per heavy atom. The van der Waals surface area contributed by atoms with Crippen LogP contribution in [0, 0.1) is 24.0 Å². The summed E-state index contributed by atoms with van der Waals surface area (Å²) < 4.78 is 2.31. The molecule has 0 unspecified atom stereocenters. The Hall–Kier alpha value is -1.40. The van der Waals surface area contributed by atoms with E-state index in [4.69, 9.17) is 11.6 Å². The van der Waals surface area contributed by atoms with Crippen molar-refractivity contribution >= 4 is 33.2 Å². The van der Waals surface area contributed by atoms with Crippen LogP contribution in [0.2, 0.25) is 0 Å². The maximum atomic E-state index is 10.9. The fourth-order valence-electron chi connectivity index (χ4n) is 2.07. The molecule has 20 heavy (non-hydrogen) atoms. The van der Waals surface area contributed by atoms with E-state index in [0.29, 0.717) is 16.9 Å². The quantitative estimate of drug-likeness (QED) is 0.472. The van der Waals surface area contributed by atoms with Crippen LogP contribution in [0.5, 0.6) is 0 Å². The summed E-state index contributed by atoms with van der Waals surface area (Å²) in [5.41, 5.74) is 3.75. The van der Waals surface area contributed by atoms with Gasteiger partial charge in [0.2, 0.25) is 0 Å². The lowest BCUT2D eigenvalue weighted by Gasteiger charge is -2.07. The molecule has 0 radical (unpaired) electrons. The van der Waals surface area contributed by atoms with Gasteiger partial charge in [0.25, 0.3) is 5.69 Å². The van der Waals surface area contributed by atoms with Crippen LogP contribution in [-0.4, -0.2) is 14.7 Å². The molecule has 0 saturated heterocycles.